The van der Waals surface area contributed by atoms with Crippen LogP contribution in [-0.4, -0.2) is 84.5 Å². The van der Waals surface area contributed by atoms with Crippen molar-refractivity contribution in [2.75, 3.05) is 30.7 Å². The average Bonchev–Trinajstić information content (AvgIpc) is 3.58. The molecule has 0 radical (unpaired) electrons. The van der Waals surface area contributed by atoms with E-state index in [1.165, 1.54) is 0 Å². The lowest BCUT2D eigenvalue weighted by Gasteiger charge is -2.51. The largest absolute Gasteiger partial charge is 0.508 e. The number of nitrogen functional groups attached to an aromatic ring is 1. The third-order valence-electron chi connectivity index (χ3n) is 18.5. The predicted octanol–water partition coefficient (Wildman–Crippen LogP) is 7.11. The number of hydrogen-bond acceptors (Lipinski definition) is 15. The number of rotatable bonds is 5. The zero-order chi connectivity index (χ0) is 50.7. The summed E-state index contributed by atoms with van der Waals surface area (Å²) in [6.45, 7) is 6.47. The number of phenolic OH excluding ortho intramolecular Hbond substituents is 2. The number of carbonyl (C=O) groups excluding carboxylic acids is 1. The topological polar surface area (TPSA) is 243 Å². The second kappa shape index (κ2) is 17.7. The minimum absolute atomic E-state index is 0.0101. The molecule has 2 fully saturated rings. The molecule has 12 rings (SSSR count). The van der Waals surface area contributed by atoms with Crippen molar-refractivity contribution in [1.82, 2.24) is 15.3 Å². The average molecular weight is 992 g/mol. The summed E-state index contributed by atoms with van der Waals surface area (Å²) in [7, 11) is 0. The molecule has 4 aliphatic heterocycles. The molecule has 15 heteroatoms. The molecule has 9 unspecified atom stereocenters. The molecule has 5 aromatic rings. The van der Waals surface area contributed by atoms with Gasteiger partial charge in [0.05, 0.1) is 17.8 Å². The fourth-order valence-electron chi connectivity index (χ4n) is 15.0. The van der Waals surface area contributed by atoms with Gasteiger partial charge in [0.15, 0.2) is 5.43 Å². The van der Waals surface area contributed by atoms with Crippen molar-refractivity contribution in [2.45, 2.75) is 139 Å². The van der Waals surface area contributed by atoms with E-state index in [9.17, 15) is 30.3 Å². The number of aliphatic hydroxyl groups excluding tert-OH is 2. The van der Waals surface area contributed by atoms with E-state index in [1.807, 2.05) is 25.3 Å². The summed E-state index contributed by atoms with van der Waals surface area (Å²) >= 11 is 0. The Kier molecular flexibility index (Phi) is 11.6. The zero-order valence-electron chi connectivity index (χ0n) is 41.7. The lowest BCUT2D eigenvalue weighted by atomic mass is 9.62. The van der Waals surface area contributed by atoms with E-state index in [0.717, 1.165) is 77.6 Å². The molecule has 3 aliphatic carbocycles. The highest BCUT2D eigenvalue weighted by Gasteiger charge is 2.58. The van der Waals surface area contributed by atoms with Gasteiger partial charge in [0, 0.05) is 70.9 Å². The van der Waals surface area contributed by atoms with Crippen molar-refractivity contribution < 1.29 is 44.2 Å². The van der Waals surface area contributed by atoms with E-state index in [0.29, 0.717) is 61.9 Å². The number of aromatic nitrogens is 2. The molecular formula is C58H65N5O10. The Bertz CT molecular complexity index is 3210. The maximum atomic E-state index is 15.3. The quantitative estimate of drug-likeness (QED) is 0.0647. The highest BCUT2D eigenvalue weighted by Crippen LogP contribution is 2.61. The summed E-state index contributed by atoms with van der Waals surface area (Å²) in [6.07, 6.45) is 14.7. The van der Waals surface area contributed by atoms with E-state index in [1.54, 1.807) is 31.3 Å². The van der Waals surface area contributed by atoms with Crippen LogP contribution < -0.4 is 26.5 Å². The number of hydrogen-bond donors (Lipinski definition) is 8. The van der Waals surface area contributed by atoms with Crippen LogP contribution in [0.3, 0.4) is 0 Å². The minimum Gasteiger partial charge on any atom is -0.508 e. The van der Waals surface area contributed by atoms with Crippen LogP contribution in [0.1, 0.15) is 139 Å². The van der Waals surface area contributed by atoms with E-state index < -0.39 is 65.4 Å². The molecule has 2 aromatic carbocycles. The highest BCUT2D eigenvalue weighted by molar-refractivity contribution is 5.93. The Morgan fingerprint density at radius 2 is 1.81 bits per heavy atom. The van der Waals surface area contributed by atoms with Crippen molar-refractivity contribution in [3.63, 3.8) is 0 Å². The SMILES string of the molecule is CC=C(C(=O)OC1Cc2c3c(c4oc(CO)cc(=O)c4c2O)C2c4ccnc(N)c4C(CCc4ccc(O)cc4C2CO)C2CCc4c(cnc5c4C=CC(C)N5)CC2C1(C)O3)C1(O)CCC2(CCNCC2)C1. The third kappa shape index (κ3) is 7.50. The summed E-state index contributed by atoms with van der Waals surface area (Å²) in [5.41, 5.74) is 10.7. The first-order chi connectivity index (χ1) is 35.2. The van der Waals surface area contributed by atoms with Gasteiger partial charge < -0.3 is 55.8 Å². The predicted molar refractivity (Wildman–Crippen MR) is 275 cm³/mol. The number of anilines is 2. The fourth-order valence-corrected chi connectivity index (χ4v) is 15.0. The summed E-state index contributed by atoms with van der Waals surface area (Å²) in [4.78, 5) is 39.6. The van der Waals surface area contributed by atoms with Crippen LogP contribution in [0, 0.1) is 17.3 Å². The van der Waals surface area contributed by atoms with Gasteiger partial charge in [-0.05, 0) is 161 Å². The molecule has 15 nitrogen and oxygen atoms in total. The second-order valence-corrected chi connectivity index (χ2v) is 22.4. The smallest absolute Gasteiger partial charge is 0.337 e. The fraction of sp³-hybridized carbons (Fsp3) is 0.483. The van der Waals surface area contributed by atoms with Gasteiger partial charge in [-0.2, -0.15) is 0 Å². The number of fused-ring (bicyclic) bond motifs is 11. The van der Waals surface area contributed by atoms with Crippen molar-refractivity contribution in [3.8, 4) is 17.2 Å². The molecule has 382 valence electrons. The van der Waals surface area contributed by atoms with Crippen LogP contribution in [0.4, 0.5) is 11.6 Å². The van der Waals surface area contributed by atoms with Crippen LogP contribution >= 0.6 is 0 Å². The molecule has 7 aliphatic rings. The van der Waals surface area contributed by atoms with Gasteiger partial charge in [-0.1, -0.05) is 24.3 Å². The van der Waals surface area contributed by atoms with Crippen LogP contribution in [0.2, 0.25) is 0 Å². The summed E-state index contributed by atoms with van der Waals surface area (Å²) in [6, 6.07) is 8.40. The van der Waals surface area contributed by atoms with Gasteiger partial charge >= 0.3 is 5.97 Å². The highest BCUT2D eigenvalue weighted by atomic mass is 16.6. The summed E-state index contributed by atoms with van der Waals surface area (Å²) in [5.74, 6) is -2.55. The van der Waals surface area contributed by atoms with Crippen LogP contribution in [-0.2, 0) is 41.8 Å². The molecule has 73 heavy (non-hydrogen) atoms. The van der Waals surface area contributed by atoms with E-state index in [2.05, 4.69) is 29.7 Å². The Morgan fingerprint density at radius 1 is 0.986 bits per heavy atom. The van der Waals surface area contributed by atoms with Crippen molar-refractivity contribution in [2.24, 2.45) is 17.3 Å². The third-order valence-corrected chi connectivity index (χ3v) is 18.5. The Hall–Kier alpha value is -6.26. The molecule has 1 spiro atoms. The number of aliphatic hydroxyl groups is 3. The number of piperidine rings is 1. The monoisotopic (exact) mass is 991 g/mol. The lowest BCUT2D eigenvalue weighted by molar-refractivity contribution is -0.171. The number of aromatic hydroxyl groups is 2. The number of allylic oxidation sites excluding steroid dienone is 1. The number of benzene rings is 2. The number of esters is 1. The molecule has 1 saturated heterocycles. The van der Waals surface area contributed by atoms with E-state index in [-0.39, 0.29) is 69.1 Å². The lowest BCUT2D eigenvalue weighted by Crippen LogP contribution is -2.59. The van der Waals surface area contributed by atoms with Gasteiger partial charge in [-0.3, -0.25) is 4.79 Å². The number of ether oxygens (including phenoxy) is 2. The van der Waals surface area contributed by atoms with Crippen molar-refractivity contribution >= 4 is 34.7 Å². The number of nitrogens with one attached hydrogen (secondary N) is 2. The molecule has 3 aromatic heterocycles. The number of aryl methyl sites for hydroxylation is 1. The van der Waals surface area contributed by atoms with Gasteiger partial charge in [-0.15, -0.1) is 0 Å². The van der Waals surface area contributed by atoms with Gasteiger partial charge in [0.25, 0.3) is 0 Å². The standard InChI is InChI=1S/C58H65N5O10/c1-4-42(58(70)15-14-57(28-58)16-19-60-20-17-57)55(69)72-45-24-40-50(68)48-44(67)23-33(26-64)71-52(48)49-46-38-13-18-61-53(59)47(38)36(10-7-30-6-8-32(66)22-39(30)41(46)27-65)35-12-11-34-31(21-43(35)56(45,3)73-51(40)49)25-62-54-37(34)9-5-29(2)63-54/h4-6,8-9,13,18,22-23,25,29,35-36,41,43,45-46,60,64-66,68,70H,7,10-12,14-17,19-21,24,26-28H2,1-3H3,(H2,59,61)(H,62,63). The molecule has 0 amide bonds. The Balaban J connectivity index is 1.14. The van der Waals surface area contributed by atoms with E-state index >= 15 is 4.79 Å². The number of carbonyl (C=O) groups is 1. The Morgan fingerprint density at radius 3 is 2.59 bits per heavy atom. The number of pyridine rings is 2. The second-order valence-electron chi connectivity index (χ2n) is 22.4. The molecule has 9 atom stereocenters. The van der Waals surface area contributed by atoms with Crippen LogP contribution in [0.5, 0.6) is 17.2 Å². The van der Waals surface area contributed by atoms with Crippen molar-refractivity contribution in [1.29, 1.82) is 0 Å². The number of nitrogens with two attached hydrogens (primary N) is 1. The number of nitrogens with zero attached hydrogens (tertiary/aromatic N) is 2. The summed E-state index contributed by atoms with van der Waals surface area (Å²) < 4.78 is 21.3. The van der Waals surface area contributed by atoms with Gasteiger partial charge in [0.2, 0.25) is 0 Å². The molecule has 4 bridgehead atoms. The van der Waals surface area contributed by atoms with Crippen molar-refractivity contribution in [3.05, 3.63) is 127 Å². The molecule has 9 N–H and O–H groups in total. The summed E-state index contributed by atoms with van der Waals surface area (Å²) in [5, 5.41) is 65.8. The van der Waals surface area contributed by atoms with Crippen LogP contribution in [0.25, 0.3) is 17.0 Å². The number of phenols is 2. The molecule has 7 heterocycles. The van der Waals surface area contributed by atoms with Gasteiger partial charge in [0.1, 0.15) is 63.9 Å². The first-order valence-electron chi connectivity index (χ1n) is 26.3. The molecular weight excluding hydrogens is 927 g/mol. The molecule has 1 saturated carbocycles. The maximum absolute atomic E-state index is 15.3. The first-order valence-corrected chi connectivity index (χ1v) is 26.3. The zero-order valence-corrected chi connectivity index (χ0v) is 41.7. The van der Waals surface area contributed by atoms with E-state index in [4.69, 9.17) is 29.6 Å². The van der Waals surface area contributed by atoms with Crippen LogP contribution in [0.15, 0.2) is 69.7 Å². The van der Waals surface area contributed by atoms with Gasteiger partial charge in [-0.25, -0.2) is 14.8 Å². The first kappa shape index (κ1) is 47.7. The maximum Gasteiger partial charge on any atom is 0.337 e. The minimum atomic E-state index is -1.43. The Labute approximate surface area is 423 Å². The normalized spacial score (nSPS) is 29.7.